The van der Waals surface area contributed by atoms with Gasteiger partial charge in [-0.25, -0.2) is 18.2 Å². The smallest absolute Gasteiger partial charge is 0.436 e. The van der Waals surface area contributed by atoms with E-state index < -0.39 is 66.7 Å². The zero-order chi connectivity index (χ0) is 28.7. The molecule has 1 aromatic carbocycles. The number of oxazole rings is 1. The Balaban J connectivity index is 1.32. The van der Waals surface area contributed by atoms with E-state index in [9.17, 15) is 35.9 Å². The van der Waals surface area contributed by atoms with Crippen molar-refractivity contribution in [2.75, 3.05) is 6.54 Å². The van der Waals surface area contributed by atoms with E-state index in [1.807, 2.05) is 0 Å². The Labute approximate surface area is 224 Å². The second-order valence-electron chi connectivity index (χ2n) is 10.0. The number of hydrogen-bond acceptors (Lipinski definition) is 5. The predicted octanol–water partition coefficient (Wildman–Crippen LogP) is 4.99. The lowest BCUT2D eigenvalue weighted by molar-refractivity contribution is -0.141. The number of aromatic nitrogens is 2. The third kappa shape index (κ3) is 5.97. The van der Waals surface area contributed by atoms with Gasteiger partial charge in [0.25, 0.3) is 0 Å². The van der Waals surface area contributed by atoms with Crippen molar-refractivity contribution in [1.29, 1.82) is 0 Å². The fraction of sp³-hybridized carbons (Fsp3) is 0.407. The lowest BCUT2D eigenvalue weighted by atomic mass is 9.77. The molecule has 1 saturated heterocycles. The lowest BCUT2D eigenvalue weighted by Gasteiger charge is -2.35. The van der Waals surface area contributed by atoms with E-state index in [1.165, 1.54) is 6.20 Å². The maximum atomic E-state index is 14.4. The van der Waals surface area contributed by atoms with E-state index >= 15 is 0 Å². The summed E-state index contributed by atoms with van der Waals surface area (Å²) in [6, 6.07) is 10.0. The van der Waals surface area contributed by atoms with Gasteiger partial charge in [0.1, 0.15) is 24.9 Å². The van der Waals surface area contributed by atoms with Gasteiger partial charge < -0.3 is 14.6 Å². The minimum atomic E-state index is -4.76. The zero-order valence-corrected chi connectivity index (χ0v) is 20.9. The molecule has 0 spiro atoms. The molecule has 3 heterocycles. The summed E-state index contributed by atoms with van der Waals surface area (Å²) in [5, 5.41) is 2.80. The molecule has 1 aliphatic carbocycles. The van der Waals surface area contributed by atoms with Gasteiger partial charge in [-0.05, 0) is 23.1 Å². The van der Waals surface area contributed by atoms with Crippen LogP contribution >= 0.6 is 0 Å². The Morgan fingerprint density at radius 2 is 1.85 bits per heavy atom. The molecule has 3 atom stereocenters. The molecule has 2 fully saturated rings. The van der Waals surface area contributed by atoms with Crippen LogP contribution in [0.4, 0.5) is 26.3 Å². The topological polar surface area (TPSA) is 88.3 Å². The maximum Gasteiger partial charge on any atom is 0.436 e. The quantitative estimate of drug-likeness (QED) is 0.408. The molecule has 212 valence electrons. The summed E-state index contributed by atoms with van der Waals surface area (Å²) >= 11 is 0. The number of nitrogens with zero attached hydrogens (tertiary/aromatic N) is 3. The summed E-state index contributed by atoms with van der Waals surface area (Å²) < 4.78 is 84.2. The molecule has 1 aliphatic heterocycles. The van der Waals surface area contributed by atoms with Gasteiger partial charge >= 0.3 is 6.18 Å². The van der Waals surface area contributed by atoms with Gasteiger partial charge in [-0.3, -0.25) is 14.6 Å². The fourth-order valence-corrected chi connectivity index (χ4v) is 5.00. The van der Waals surface area contributed by atoms with E-state index in [1.54, 1.807) is 42.5 Å². The van der Waals surface area contributed by atoms with E-state index in [0.717, 1.165) is 4.90 Å². The van der Waals surface area contributed by atoms with Crippen LogP contribution in [-0.4, -0.2) is 51.4 Å². The highest BCUT2D eigenvalue weighted by Crippen LogP contribution is 2.48. The van der Waals surface area contributed by atoms with Gasteiger partial charge in [0, 0.05) is 25.5 Å². The zero-order valence-electron chi connectivity index (χ0n) is 20.9. The van der Waals surface area contributed by atoms with E-state index in [-0.39, 0.29) is 25.2 Å². The van der Waals surface area contributed by atoms with Crippen LogP contribution in [0.5, 0.6) is 0 Å². The molecule has 2 aromatic heterocycles. The van der Waals surface area contributed by atoms with Gasteiger partial charge in [0.2, 0.25) is 23.6 Å². The van der Waals surface area contributed by atoms with Crippen LogP contribution < -0.4 is 5.32 Å². The monoisotopic (exact) mass is 566 g/mol. The molecule has 0 radical (unpaired) electrons. The first-order valence-electron chi connectivity index (χ1n) is 12.5. The molecule has 40 heavy (non-hydrogen) atoms. The standard InChI is InChI=1S/C27H24F6N4O3/c28-18-8-20(37(13-18)23(38)9-22-35-21(14-40-22)27(31,32)33)25(39)36-24(15-4-2-1-3-5-15)19-7-6-16(12-34-19)17-10-26(29,30)11-17/h1-7,12,14,17-18,20,24H,8-11,13H2,(H,36,39)/t18-,20+,24+/m1/s1. The maximum absolute atomic E-state index is 14.4. The van der Waals surface area contributed by atoms with Crippen LogP contribution in [0.1, 0.15) is 59.6 Å². The van der Waals surface area contributed by atoms with Crippen LogP contribution in [-0.2, 0) is 22.2 Å². The number of likely N-dealkylation sites (tertiary alicyclic amines) is 1. The summed E-state index contributed by atoms with van der Waals surface area (Å²) in [5.74, 6) is -5.00. The number of carbonyl (C=O) groups is 2. The van der Waals surface area contributed by atoms with E-state index in [2.05, 4.69) is 15.3 Å². The van der Waals surface area contributed by atoms with Gasteiger partial charge in [0.15, 0.2) is 5.69 Å². The highest BCUT2D eigenvalue weighted by Gasteiger charge is 2.46. The molecule has 0 bridgehead atoms. The number of amides is 2. The summed E-state index contributed by atoms with van der Waals surface area (Å²) in [6.07, 6.45) is -5.91. The first-order chi connectivity index (χ1) is 18.9. The highest BCUT2D eigenvalue weighted by molar-refractivity contribution is 5.89. The van der Waals surface area contributed by atoms with Crippen molar-refractivity contribution < 1.29 is 40.3 Å². The Kier molecular flexibility index (Phi) is 7.32. The third-order valence-corrected chi connectivity index (χ3v) is 7.10. The predicted molar refractivity (Wildman–Crippen MR) is 128 cm³/mol. The molecule has 0 unspecified atom stereocenters. The van der Waals surface area contributed by atoms with Gasteiger partial charge in [0.05, 0.1) is 18.3 Å². The van der Waals surface area contributed by atoms with Crippen molar-refractivity contribution in [3.8, 4) is 0 Å². The lowest BCUT2D eigenvalue weighted by Crippen LogP contribution is -2.47. The number of halogens is 6. The fourth-order valence-electron chi connectivity index (χ4n) is 5.00. The van der Waals surface area contributed by atoms with Crippen molar-refractivity contribution >= 4 is 11.8 Å². The van der Waals surface area contributed by atoms with Gasteiger partial charge in [-0.2, -0.15) is 13.2 Å². The summed E-state index contributed by atoms with van der Waals surface area (Å²) in [6.45, 7) is -0.418. The van der Waals surface area contributed by atoms with Crippen molar-refractivity contribution in [3.63, 3.8) is 0 Å². The van der Waals surface area contributed by atoms with Crippen LogP contribution in [0.3, 0.4) is 0 Å². The number of alkyl halides is 6. The molecule has 1 saturated carbocycles. The van der Waals surface area contributed by atoms with Crippen molar-refractivity contribution in [3.05, 3.63) is 83.3 Å². The highest BCUT2D eigenvalue weighted by atomic mass is 19.4. The largest absolute Gasteiger partial charge is 0.448 e. The van der Waals surface area contributed by atoms with Crippen LogP contribution in [0.25, 0.3) is 0 Å². The Morgan fingerprint density at radius 1 is 1.12 bits per heavy atom. The summed E-state index contributed by atoms with van der Waals surface area (Å²) in [7, 11) is 0. The molecular weight excluding hydrogens is 542 g/mol. The second kappa shape index (κ2) is 10.6. The van der Waals surface area contributed by atoms with Crippen molar-refractivity contribution in [2.45, 2.75) is 62.0 Å². The van der Waals surface area contributed by atoms with Crippen LogP contribution in [0.2, 0.25) is 0 Å². The molecule has 7 nitrogen and oxygen atoms in total. The normalized spacial score (nSPS) is 21.6. The summed E-state index contributed by atoms with van der Waals surface area (Å²) in [4.78, 5) is 34.9. The molecule has 1 N–H and O–H groups in total. The molecular formula is C27H24F6N4O3. The SMILES string of the molecule is O=C(N[C@@H](c1ccccc1)c1ccc(C2CC(F)(F)C2)cn1)[C@@H]1C[C@@H](F)CN1C(=O)Cc1nc(C(F)(F)F)co1. The van der Waals surface area contributed by atoms with E-state index in [0.29, 0.717) is 23.1 Å². The van der Waals surface area contributed by atoms with Gasteiger partial charge in [-0.1, -0.05) is 36.4 Å². The number of pyridine rings is 1. The number of rotatable bonds is 7. The summed E-state index contributed by atoms with van der Waals surface area (Å²) in [5.41, 5.74) is 0.394. The van der Waals surface area contributed by atoms with Crippen LogP contribution in [0, 0.1) is 0 Å². The molecule has 2 aliphatic rings. The minimum Gasteiger partial charge on any atom is -0.448 e. The number of benzene rings is 1. The number of carbonyl (C=O) groups excluding carboxylic acids is 2. The van der Waals surface area contributed by atoms with Crippen LogP contribution in [0.15, 0.2) is 59.3 Å². The second-order valence-corrected chi connectivity index (χ2v) is 10.0. The first-order valence-corrected chi connectivity index (χ1v) is 12.5. The first kappa shape index (κ1) is 27.7. The average molecular weight is 567 g/mol. The Bertz CT molecular complexity index is 1350. The minimum absolute atomic E-state index is 0.256. The number of hydrogen-bond donors (Lipinski definition) is 1. The molecule has 3 aromatic rings. The Morgan fingerprint density at radius 3 is 2.45 bits per heavy atom. The third-order valence-electron chi connectivity index (χ3n) is 7.10. The van der Waals surface area contributed by atoms with Gasteiger partial charge in [-0.15, -0.1) is 0 Å². The van der Waals surface area contributed by atoms with Crippen molar-refractivity contribution in [2.24, 2.45) is 0 Å². The molecule has 5 rings (SSSR count). The van der Waals surface area contributed by atoms with E-state index in [4.69, 9.17) is 4.42 Å². The Hall–Kier alpha value is -3.90. The molecule has 2 amide bonds. The van der Waals surface area contributed by atoms with Crippen molar-refractivity contribution in [1.82, 2.24) is 20.2 Å². The number of nitrogens with one attached hydrogen (secondary N) is 1. The molecule has 13 heteroatoms. The average Bonchev–Trinajstić information content (AvgIpc) is 3.53.